The second-order valence-corrected chi connectivity index (χ2v) is 10.3. The molecule has 0 radical (unpaired) electrons. The summed E-state index contributed by atoms with van der Waals surface area (Å²) in [6, 6.07) is 9.75. The Morgan fingerprint density at radius 2 is 1.65 bits per heavy atom. The van der Waals surface area contributed by atoms with Crippen molar-refractivity contribution in [2.75, 3.05) is 13.1 Å². The van der Waals surface area contributed by atoms with Crippen LogP contribution in [0.2, 0.25) is 0 Å². The van der Waals surface area contributed by atoms with Crippen molar-refractivity contribution in [3.63, 3.8) is 0 Å². The Morgan fingerprint density at radius 1 is 1.00 bits per heavy atom. The lowest BCUT2D eigenvalue weighted by Crippen LogP contribution is -2.63. The van der Waals surface area contributed by atoms with Crippen LogP contribution in [0.15, 0.2) is 65.4 Å². The molecule has 1 fully saturated rings. The predicted octanol–water partition coefficient (Wildman–Crippen LogP) is 4.08. The molecule has 12 heteroatoms. The number of benzene rings is 2. The number of halogens is 3. The summed E-state index contributed by atoms with van der Waals surface area (Å²) in [5, 5.41) is 12.2. The first-order valence-electron chi connectivity index (χ1n) is 12.3. The van der Waals surface area contributed by atoms with Gasteiger partial charge in [0.1, 0.15) is 11.6 Å². The molecule has 3 amide bonds. The molecule has 2 unspecified atom stereocenters. The smallest absolute Gasteiger partial charge is 0.305 e. The van der Waals surface area contributed by atoms with Crippen molar-refractivity contribution in [2.24, 2.45) is 0 Å². The number of hydrogen-bond donors (Lipinski definition) is 2. The number of carboxylic acid groups (broad SMARTS) is 1. The fourth-order valence-corrected chi connectivity index (χ4v) is 5.00. The number of nitrogens with zero attached hydrogens (tertiary/aromatic N) is 3. The van der Waals surface area contributed by atoms with Gasteiger partial charge in [0.15, 0.2) is 6.17 Å². The van der Waals surface area contributed by atoms with Crippen molar-refractivity contribution in [3.8, 4) is 0 Å². The van der Waals surface area contributed by atoms with Crippen molar-refractivity contribution in [1.82, 2.24) is 20.1 Å². The zero-order valence-corrected chi connectivity index (χ0v) is 22.9. The molecule has 0 aliphatic carbocycles. The lowest BCUT2D eigenvalue weighted by atomic mass is 10.0. The molecule has 2 aromatic carbocycles. The summed E-state index contributed by atoms with van der Waals surface area (Å²) in [6.45, 7) is 1.90. The maximum atomic E-state index is 14.0. The SMILES string of the molecule is Cc1cccc(C(CC(=O)O)NC(=O)C2N(C(=O)c3cc(F)cc(F)c3)CCCN2C(=O)c2cncc(Br)c2)c1. The monoisotopic (exact) mass is 614 g/mol. The molecule has 0 bridgehead atoms. The van der Waals surface area contributed by atoms with E-state index in [0.29, 0.717) is 16.1 Å². The molecule has 208 valence electrons. The van der Waals surface area contributed by atoms with Crippen molar-refractivity contribution in [1.29, 1.82) is 0 Å². The molecular formula is C28H25BrF2N4O5. The first-order chi connectivity index (χ1) is 19.0. The van der Waals surface area contributed by atoms with E-state index in [4.69, 9.17) is 0 Å². The van der Waals surface area contributed by atoms with Crippen LogP contribution >= 0.6 is 15.9 Å². The molecule has 9 nitrogen and oxygen atoms in total. The average Bonchev–Trinajstić information content (AvgIpc) is 2.90. The van der Waals surface area contributed by atoms with E-state index in [1.54, 1.807) is 18.2 Å². The van der Waals surface area contributed by atoms with Gasteiger partial charge in [0.25, 0.3) is 17.7 Å². The van der Waals surface area contributed by atoms with Gasteiger partial charge < -0.3 is 20.2 Å². The Labute approximate surface area is 236 Å². The zero-order valence-electron chi connectivity index (χ0n) is 21.3. The van der Waals surface area contributed by atoms with Crippen LogP contribution in [-0.4, -0.2) is 62.8 Å². The van der Waals surface area contributed by atoms with Gasteiger partial charge >= 0.3 is 5.97 Å². The molecule has 3 aromatic rings. The summed E-state index contributed by atoms with van der Waals surface area (Å²) >= 11 is 3.26. The van der Waals surface area contributed by atoms with E-state index in [1.807, 2.05) is 13.0 Å². The van der Waals surface area contributed by atoms with Crippen molar-refractivity contribution in [3.05, 3.63) is 99.3 Å². The van der Waals surface area contributed by atoms with Crippen LogP contribution in [0, 0.1) is 18.6 Å². The van der Waals surface area contributed by atoms with Crippen LogP contribution < -0.4 is 5.32 Å². The third-order valence-electron chi connectivity index (χ3n) is 6.35. The molecule has 2 heterocycles. The van der Waals surface area contributed by atoms with Gasteiger partial charge in [0.2, 0.25) is 0 Å². The number of pyridine rings is 1. The standard InChI is InChI=1S/C28H25BrF2N4O5/c1-16-4-2-5-17(8-16)23(13-24(36)37)33-25(38)26-34(27(39)18-10-21(30)12-22(31)11-18)6-3-7-35(26)28(40)19-9-20(29)15-32-14-19/h2,4-5,8-12,14-15,23,26H,3,6-7,13H2,1H3,(H,33,38)(H,36,37). The van der Waals surface area contributed by atoms with Crippen LogP contribution in [0.5, 0.6) is 0 Å². The molecule has 0 saturated carbocycles. The summed E-state index contributed by atoms with van der Waals surface area (Å²) < 4.78 is 28.4. The highest BCUT2D eigenvalue weighted by molar-refractivity contribution is 9.10. The van der Waals surface area contributed by atoms with E-state index in [9.17, 15) is 33.1 Å². The van der Waals surface area contributed by atoms with Crippen molar-refractivity contribution in [2.45, 2.75) is 32.0 Å². The minimum Gasteiger partial charge on any atom is -0.481 e. The number of aliphatic carboxylic acids is 1. The van der Waals surface area contributed by atoms with E-state index in [2.05, 4.69) is 26.2 Å². The summed E-state index contributed by atoms with van der Waals surface area (Å²) in [5.74, 6) is -5.43. The lowest BCUT2D eigenvalue weighted by molar-refractivity contribution is -0.138. The van der Waals surface area contributed by atoms with Gasteiger partial charge in [-0.25, -0.2) is 8.78 Å². The van der Waals surface area contributed by atoms with Crippen LogP contribution in [0.25, 0.3) is 0 Å². The Kier molecular flexibility index (Phi) is 8.88. The molecule has 1 aliphatic heterocycles. The van der Waals surface area contributed by atoms with Crippen LogP contribution in [0.1, 0.15) is 50.7 Å². The lowest BCUT2D eigenvalue weighted by Gasteiger charge is -2.43. The Bertz CT molecular complexity index is 1450. The first-order valence-corrected chi connectivity index (χ1v) is 13.1. The van der Waals surface area contributed by atoms with Gasteiger partial charge in [-0.05, 0) is 53.0 Å². The summed E-state index contributed by atoms with van der Waals surface area (Å²) in [4.78, 5) is 58.9. The number of aryl methyl sites for hydroxylation is 1. The summed E-state index contributed by atoms with van der Waals surface area (Å²) in [6.07, 6.45) is 1.06. The molecule has 1 aromatic heterocycles. The molecule has 2 atom stereocenters. The second-order valence-electron chi connectivity index (χ2n) is 9.35. The molecule has 4 rings (SSSR count). The first kappa shape index (κ1) is 28.8. The number of nitrogens with one attached hydrogen (secondary N) is 1. The molecule has 2 N–H and O–H groups in total. The summed E-state index contributed by atoms with van der Waals surface area (Å²) in [7, 11) is 0. The molecule has 1 saturated heterocycles. The third kappa shape index (κ3) is 6.68. The normalized spacial score (nSPS) is 15.8. The van der Waals surface area contributed by atoms with Gasteiger partial charge in [0.05, 0.1) is 18.0 Å². The second kappa shape index (κ2) is 12.3. The van der Waals surface area contributed by atoms with Crippen LogP contribution in [-0.2, 0) is 9.59 Å². The Morgan fingerprint density at radius 3 is 2.25 bits per heavy atom. The number of rotatable bonds is 7. The topological polar surface area (TPSA) is 120 Å². The molecule has 1 aliphatic rings. The number of carbonyl (C=O) groups excluding carboxylic acids is 3. The van der Waals surface area contributed by atoms with Crippen molar-refractivity contribution >= 4 is 39.6 Å². The van der Waals surface area contributed by atoms with Gasteiger partial charge in [-0.1, -0.05) is 29.8 Å². The molecular weight excluding hydrogens is 590 g/mol. The largest absolute Gasteiger partial charge is 0.481 e. The van der Waals surface area contributed by atoms with Gasteiger partial charge in [-0.2, -0.15) is 0 Å². The predicted molar refractivity (Wildman–Crippen MR) is 143 cm³/mol. The number of aromatic nitrogens is 1. The Hall–Kier alpha value is -4.19. The van der Waals surface area contributed by atoms with E-state index in [1.165, 1.54) is 23.4 Å². The zero-order chi connectivity index (χ0) is 29.0. The number of amides is 3. The highest BCUT2D eigenvalue weighted by Gasteiger charge is 2.42. The summed E-state index contributed by atoms with van der Waals surface area (Å²) in [5.41, 5.74) is 1.16. The Balaban J connectivity index is 1.74. The van der Waals surface area contributed by atoms with E-state index < -0.39 is 54.0 Å². The van der Waals surface area contributed by atoms with Gasteiger partial charge in [0, 0.05) is 41.6 Å². The fourth-order valence-electron chi connectivity index (χ4n) is 4.63. The van der Waals surface area contributed by atoms with Gasteiger partial charge in [-0.15, -0.1) is 0 Å². The number of hydrogen-bond acceptors (Lipinski definition) is 5. The van der Waals surface area contributed by atoms with E-state index in [0.717, 1.165) is 22.6 Å². The minimum atomic E-state index is -1.54. The number of carbonyl (C=O) groups is 4. The van der Waals surface area contributed by atoms with Crippen LogP contribution in [0.3, 0.4) is 0 Å². The van der Waals surface area contributed by atoms with Crippen molar-refractivity contribution < 1.29 is 33.1 Å². The molecule has 0 spiro atoms. The van der Waals surface area contributed by atoms with Gasteiger partial charge in [-0.3, -0.25) is 24.2 Å². The minimum absolute atomic E-state index is 0.00358. The van der Waals surface area contributed by atoms with Crippen LogP contribution in [0.4, 0.5) is 8.78 Å². The average molecular weight is 615 g/mol. The highest BCUT2D eigenvalue weighted by Crippen LogP contribution is 2.25. The third-order valence-corrected chi connectivity index (χ3v) is 6.78. The number of carboxylic acids is 1. The van der Waals surface area contributed by atoms with E-state index >= 15 is 0 Å². The fraction of sp³-hybridized carbons (Fsp3) is 0.250. The highest BCUT2D eigenvalue weighted by atomic mass is 79.9. The maximum Gasteiger partial charge on any atom is 0.305 e. The molecule has 40 heavy (non-hydrogen) atoms. The van der Waals surface area contributed by atoms with E-state index in [-0.39, 0.29) is 30.6 Å². The quantitative estimate of drug-likeness (QED) is 0.414. The maximum absolute atomic E-state index is 14.0.